The normalized spacial score (nSPS) is 16.5. The largest absolute Gasteiger partial charge is 0.488 e. The fraction of sp³-hybridized carbons (Fsp3) is 0.294. The molecule has 2 aromatic carbocycles. The minimum atomic E-state index is 0.155. The van der Waals surface area contributed by atoms with Gasteiger partial charge in [-0.05, 0) is 60.9 Å². The summed E-state index contributed by atoms with van der Waals surface area (Å²) in [5.41, 5.74) is 4.79. The van der Waals surface area contributed by atoms with Crippen LogP contribution in [0.1, 0.15) is 16.7 Å². The predicted octanol–water partition coefficient (Wildman–Crippen LogP) is 5.13. The molecule has 0 saturated carbocycles. The molecule has 1 aliphatic heterocycles. The van der Waals surface area contributed by atoms with E-state index in [0.29, 0.717) is 0 Å². The number of hydrogen-bond acceptors (Lipinski definition) is 2. The van der Waals surface area contributed by atoms with Crippen LogP contribution in [0, 0.1) is 13.8 Å². The van der Waals surface area contributed by atoms with Crippen LogP contribution < -0.4 is 10.1 Å². The highest BCUT2D eigenvalue weighted by molar-refractivity contribution is 9.10. The Bertz CT molecular complexity index is 663. The van der Waals surface area contributed by atoms with E-state index in [1.807, 2.05) is 18.2 Å². The molecule has 1 heterocycles. The van der Waals surface area contributed by atoms with Crippen LogP contribution >= 0.6 is 27.5 Å². The van der Waals surface area contributed by atoms with Gasteiger partial charge in [-0.15, -0.1) is 0 Å². The van der Waals surface area contributed by atoms with Crippen LogP contribution in [0.15, 0.2) is 34.8 Å². The van der Waals surface area contributed by atoms with Crippen molar-refractivity contribution in [1.82, 2.24) is 0 Å². The first kappa shape index (κ1) is 14.7. The van der Waals surface area contributed by atoms with Gasteiger partial charge in [0.05, 0.1) is 6.54 Å². The Morgan fingerprint density at radius 1 is 1.24 bits per heavy atom. The van der Waals surface area contributed by atoms with Crippen molar-refractivity contribution in [3.8, 4) is 5.75 Å². The third kappa shape index (κ3) is 3.19. The topological polar surface area (TPSA) is 21.3 Å². The van der Waals surface area contributed by atoms with Crippen LogP contribution in [0.5, 0.6) is 5.75 Å². The van der Waals surface area contributed by atoms with E-state index in [2.05, 4.69) is 47.2 Å². The van der Waals surface area contributed by atoms with E-state index in [1.54, 1.807) is 0 Å². The molecule has 0 bridgehead atoms. The molecule has 110 valence electrons. The van der Waals surface area contributed by atoms with Gasteiger partial charge in [0, 0.05) is 21.6 Å². The van der Waals surface area contributed by atoms with Gasteiger partial charge in [-0.25, -0.2) is 0 Å². The smallest absolute Gasteiger partial charge is 0.123 e. The van der Waals surface area contributed by atoms with Crippen LogP contribution in [0.25, 0.3) is 0 Å². The molecule has 0 radical (unpaired) electrons. The monoisotopic (exact) mass is 365 g/mol. The van der Waals surface area contributed by atoms with Gasteiger partial charge < -0.3 is 10.1 Å². The Morgan fingerprint density at radius 2 is 1.95 bits per heavy atom. The molecule has 2 nitrogen and oxygen atoms in total. The lowest BCUT2D eigenvalue weighted by atomic mass is 10.1. The van der Waals surface area contributed by atoms with Crippen LogP contribution in [0.2, 0.25) is 5.02 Å². The third-order valence-corrected chi connectivity index (χ3v) is 5.22. The Balaban J connectivity index is 1.65. The summed E-state index contributed by atoms with van der Waals surface area (Å²) in [6.07, 6.45) is 1.06. The van der Waals surface area contributed by atoms with Crippen LogP contribution in [0.4, 0.5) is 5.69 Å². The maximum absolute atomic E-state index is 6.02. The summed E-state index contributed by atoms with van der Waals surface area (Å²) in [5.74, 6) is 0.953. The van der Waals surface area contributed by atoms with E-state index in [0.717, 1.165) is 29.4 Å². The number of fused-ring (bicyclic) bond motifs is 1. The Labute approximate surface area is 138 Å². The average Bonchev–Trinajstić information content (AvgIpc) is 2.84. The number of hydrogen-bond donors (Lipinski definition) is 1. The second-order valence-corrected chi connectivity index (χ2v) is 6.73. The molecule has 1 aliphatic rings. The molecule has 0 amide bonds. The van der Waals surface area contributed by atoms with Gasteiger partial charge in [0.15, 0.2) is 0 Å². The zero-order valence-corrected chi connectivity index (χ0v) is 14.4. The van der Waals surface area contributed by atoms with E-state index in [9.17, 15) is 0 Å². The molecular formula is C17H17BrClNO. The highest BCUT2D eigenvalue weighted by atomic mass is 79.9. The van der Waals surface area contributed by atoms with Gasteiger partial charge in [0.25, 0.3) is 0 Å². The molecule has 1 N–H and O–H groups in total. The number of aryl methyl sites for hydroxylation is 2. The summed E-state index contributed by atoms with van der Waals surface area (Å²) in [7, 11) is 0. The zero-order chi connectivity index (χ0) is 15.0. The average molecular weight is 367 g/mol. The minimum absolute atomic E-state index is 0.155. The first-order valence-electron chi connectivity index (χ1n) is 6.98. The third-order valence-electron chi connectivity index (χ3n) is 3.73. The molecule has 0 saturated heterocycles. The van der Waals surface area contributed by atoms with Crippen molar-refractivity contribution in [2.45, 2.75) is 26.4 Å². The quantitative estimate of drug-likeness (QED) is 0.812. The molecule has 1 unspecified atom stereocenters. The summed E-state index contributed by atoms with van der Waals surface area (Å²) in [4.78, 5) is 0. The number of nitrogens with one attached hydrogen (secondary N) is 1. The molecule has 2 aromatic rings. The van der Waals surface area contributed by atoms with Crippen molar-refractivity contribution < 1.29 is 4.74 Å². The van der Waals surface area contributed by atoms with Crippen molar-refractivity contribution in [2.75, 3.05) is 11.9 Å². The molecule has 3 rings (SSSR count). The van der Waals surface area contributed by atoms with Crippen molar-refractivity contribution >= 4 is 33.2 Å². The zero-order valence-electron chi connectivity index (χ0n) is 12.0. The number of ether oxygens (including phenoxy) is 1. The molecule has 21 heavy (non-hydrogen) atoms. The highest BCUT2D eigenvalue weighted by Crippen LogP contribution is 2.31. The van der Waals surface area contributed by atoms with Crippen LogP contribution in [-0.2, 0) is 6.42 Å². The summed E-state index contributed by atoms with van der Waals surface area (Å²) in [5, 5.41) is 4.23. The van der Waals surface area contributed by atoms with Crippen molar-refractivity contribution in [3.05, 3.63) is 56.5 Å². The molecule has 1 atom stereocenters. The number of benzene rings is 2. The van der Waals surface area contributed by atoms with E-state index in [-0.39, 0.29) is 6.10 Å². The summed E-state index contributed by atoms with van der Waals surface area (Å²) in [6, 6.07) is 10.1. The van der Waals surface area contributed by atoms with Crippen LogP contribution in [0.3, 0.4) is 0 Å². The van der Waals surface area contributed by atoms with Gasteiger partial charge in [-0.2, -0.15) is 0 Å². The second-order valence-electron chi connectivity index (χ2n) is 5.50. The lowest BCUT2D eigenvalue weighted by molar-refractivity contribution is 0.246. The van der Waals surface area contributed by atoms with Crippen molar-refractivity contribution in [2.24, 2.45) is 0 Å². The fourth-order valence-electron chi connectivity index (χ4n) is 2.68. The molecule has 0 fully saturated rings. The predicted molar refractivity (Wildman–Crippen MR) is 91.7 cm³/mol. The van der Waals surface area contributed by atoms with Gasteiger partial charge in [0.2, 0.25) is 0 Å². The Kier molecular flexibility index (Phi) is 4.14. The summed E-state index contributed by atoms with van der Waals surface area (Å²) in [6.45, 7) is 4.99. The van der Waals surface area contributed by atoms with E-state index < -0.39 is 0 Å². The maximum atomic E-state index is 6.02. The lowest BCUT2D eigenvalue weighted by Gasteiger charge is -2.14. The standard InChI is InChI=1S/C17H17BrClNO/c1-10-5-14(6-11(2)17(10)18)20-9-15-8-12-7-13(19)3-4-16(12)21-15/h3-7,15,20H,8-9H2,1-2H3. The summed E-state index contributed by atoms with van der Waals surface area (Å²) >= 11 is 9.61. The van der Waals surface area contributed by atoms with Crippen LogP contribution in [-0.4, -0.2) is 12.6 Å². The summed E-state index contributed by atoms with van der Waals surface area (Å²) < 4.78 is 7.11. The number of rotatable bonds is 3. The molecule has 0 aromatic heterocycles. The minimum Gasteiger partial charge on any atom is -0.488 e. The highest BCUT2D eigenvalue weighted by Gasteiger charge is 2.22. The first-order chi connectivity index (χ1) is 10.0. The van der Waals surface area contributed by atoms with E-state index in [1.165, 1.54) is 21.2 Å². The van der Waals surface area contributed by atoms with E-state index >= 15 is 0 Å². The number of anilines is 1. The number of halogens is 2. The first-order valence-corrected chi connectivity index (χ1v) is 8.16. The lowest BCUT2D eigenvalue weighted by Crippen LogP contribution is -2.24. The maximum Gasteiger partial charge on any atom is 0.123 e. The molecule has 0 aliphatic carbocycles. The van der Waals surface area contributed by atoms with Gasteiger partial charge in [0.1, 0.15) is 11.9 Å². The van der Waals surface area contributed by atoms with Crippen molar-refractivity contribution in [3.63, 3.8) is 0 Å². The van der Waals surface area contributed by atoms with Crippen molar-refractivity contribution in [1.29, 1.82) is 0 Å². The Morgan fingerprint density at radius 3 is 2.67 bits per heavy atom. The fourth-order valence-corrected chi connectivity index (χ4v) is 3.11. The molecular weight excluding hydrogens is 350 g/mol. The SMILES string of the molecule is Cc1cc(NCC2Cc3cc(Cl)ccc3O2)cc(C)c1Br. The second kappa shape index (κ2) is 5.90. The van der Waals surface area contributed by atoms with Gasteiger partial charge >= 0.3 is 0 Å². The molecule has 4 heteroatoms. The molecule has 0 spiro atoms. The van der Waals surface area contributed by atoms with Gasteiger partial charge in [-0.1, -0.05) is 27.5 Å². The van der Waals surface area contributed by atoms with Gasteiger partial charge in [-0.3, -0.25) is 0 Å². The Hall–Kier alpha value is -1.19. The van der Waals surface area contributed by atoms with E-state index in [4.69, 9.17) is 16.3 Å².